The van der Waals surface area contributed by atoms with Crippen molar-refractivity contribution in [2.45, 2.75) is 58.9 Å². The molecule has 4 heteroatoms. The van der Waals surface area contributed by atoms with Crippen molar-refractivity contribution in [3.05, 3.63) is 22.6 Å². The van der Waals surface area contributed by atoms with E-state index in [0.29, 0.717) is 23.3 Å². The number of amides is 1. The Balaban J connectivity index is 1.58. The Hall–Kier alpha value is -0.770. The lowest BCUT2D eigenvalue weighted by Crippen LogP contribution is -2.59. The number of rotatable bonds is 3. The van der Waals surface area contributed by atoms with E-state index in [2.05, 4.69) is 29.8 Å². The summed E-state index contributed by atoms with van der Waals surface area (Å²) < 4.78 is 6.31. The first-order valence-electron chi connectivity index (χ1n) is 8.71. The Kier molecular flexibility index (Phi) is 3.33. The second kappa shape index (κ2) is 4.87. The fraction of sp³-hybridized carbons (Fsp3) is 0.737. The molecule has 0 saturated heterocycles. The third-order valence-electron chi connectivity index (χ3n) is 6.45. The lowest BCUT2D eigenvalue weighted by atomic mass is 9.40. The average Bonchev–Trinajstić information content (AvgIpc) is 2.79. The molecule has 1 amide bonds. The van der Waals surface area contributed by atoms with Crippen molar-refractivity contribution >= 4 is 21.8 Å². The van der Waals surface area contributed by atoms with Gasteiger partial charge in [0.05, 0.1) is 12.0 Å². The number of furan rings is 1. The minimum absolute atomic E-state index is 0.124. The number of nitrogens with zero attached hydrogens (tertiary/aromatic N) is 1. The third-order valence-corrected chi connectivity index (χ3v) is 6.87. The number of carbonyl (C=O) groups is 1. The molecule has 126 valence electrons. The Morgan fingerprint density at radius 1 is 1.22 bits per heavy atom. The number of hydrogen-bond acceptors (Lipinski definition) is 2. The molecule has 1 aromatic rings. The molecule has 0 aromatic carbocycles. The number of hydrogen-bond donors (Lipinski definition) is 0. The molecule has 4 saturated carbocycles. The van der Waals surface area contributed by atoms with Crippen LogP contribution in [0.1, 0.15) is 58.1 Å². The quantitative estimate of drug-likeness (QED) is 0.740. The van der Waals surface area contributed by atoms with E-state index in [1.165, 1.54) is 19.3 Å². The summed E-state index contributed by atoms with van der Waals surface area (Å²) in [6.07, 6.45) is 7.22. The van der Waals surface area contributed by atoms with Gasteiger partial charge in [-0.05, 0) is 83.3 Å². The zero-order valence-electron chi connectivity index (χ0n) is 14.3. The van der Waals surface area contributed by atoms with Crippen LogP contribution in [0.15, 0.2) is 21.2 Å². The molecular formula is C19H26BrNO2. The highest BCUT2D eigenvalue weighted by Gasteiger charge is 2.63. The Morgan fingerprint density at radius 2 is 1.87 bits per heavy atom. The van der Waals surface area contributed by atoms with Crippen molar-refractivity contribution in [2.75, 3.05) is 7.05 Å². The van der Waals surface area contributed by atoms with Gasteiger partial charge in [0.25, 0.3) is 0 Å². The number of halogens is 1. The molecule has 3 nitrogen and oxygen atoms in total. The van der Waals surface area contributed by atoms with E-state index in [0.717, 1.165) is 35.6 Å². The standard InChI is InChI=1S/C19H26BrNO2/c1-17-6-13-7-18(2,10-17)12-19(8-13,11-17)16(22)21(3)9-14-4-5-15(20)23-14/h4-5,13H,6-12H2,1-3H3. The Bertz CT molecular complexity index is 634. The molecule has 1 heterocycles. The van der Waals surface area contributed by atoms with Crippen molar-refractivity contribution in [3.8, 4) is 0 Å². The van der Waals surface area contributed by atoms with Gasteiger partial charge < -0.3 is 9.32 Å². The first-order chi connectivity index (χ1) is 10.7. The summed E-state index contributed by atoms with van der Waals surface area (Å²) in [5, 5.41) is 0. The van der Waals surface area contributed by atoms with Gasteiger partial charge >= 0.3 is 0 Å². The monoisotopic (exact) mass is 379 g/mol. The highest BCUT2D eigenvalue weighted by molar-refractivity contribution is 9.10. The van der Waals surface area contributed by atoms with Crippen LogP contribution in [-0.2, 0) is 11.3 Å². The van der Waals surface area contributed by atoms with Gasteiger partial charge in [-0.15, -0.1) is 0 Å². The predicted molar refractivity (Wildman–Crippen MR) is 92.7 cm³/mol. The highest BCUT2D eigenvalue weighted by atomic mass is 79.9. The average molecular weight is 380 g/mol. The van der Waals surface area contributed by atoms with Crippen LogP contribution in [0.3, 0.4) is 0 Å². The molecule has 2 atom stereocenters. The zero-order valence-corrected chi connectivity index (χ0v) is 15.9. The molecule has 5 rings (SSSR count). The fourth-order valence-corrected chi connectivity index (χ4v) is 7.17. The SMILES string of the molecule is CN(Cc1ccc(Br)o1)C(=O)C12CC3CC(C)(CC(C)(C3)C1)C2. The first-order valence-corrected chi connectivity index (χ1v) is 9.50. The summed E-state index contributed by atoms with van der Waals surface area (Å²) >= 11 is 3.33. The second-order valence-electron chi connectivity index (χ2n) is 9.28. The summed E-state index contributed by atoms with van der Waals surface area (Å²) in [5.74, 6) is 1.93. The Labute approximate surface area is 146 Å². The van der Waals surface area contributed by atoms with Crippen molar-refractivity contribution in [3.63, 3.8) is 0 Å². The highest BCUT2D eigenvalue weighted by Crippen LogP contribution is 2.69. The molecule has 4 bridgehead atoms. The van der Waals surface area contributed by atoms with E-state index in [-0.39, 0.29) is 5.41 Å². The van der Waals surface area contributed by atoms with Crippen LogP contribution in [0.4, 0.5) is 0 Å². The molecule has 4 fully saturated rings. The van der Waals surface area contributed by atoms with Gasteiger partial charge in [0.2, 0.25) is 5.91 Å². The van der Waals surface area contributed by atoms with Crippen LogP contribution >= 0.6 is 15.9 Å². The third kappa shape index (κ3) is 2.57. The van der Waals surface area contributed by atoms with E-state index < -0.39 is 0 Å². The van der Waals surface area contributed by atoms with Crippen molar-refractivity contribution in [2.24, 2.45) is 22.2 Å². The fourth-order valence-electron chi connectivity index (χ4n) is 6.83. The van der Waals surface area contributed by atoms with Crippen molar-refractivity contribution in [1.29, 1.82) is 0 Å². The number of carbonyl (C=O) groups excluding carboxylic acids is 1. The van der Waals surface area contributed by atoms with E-state index in [1.807, 2.05) is 24.1 Å². The van der Waals surface area contributed by atoms with Crippen LogP contribution in [-0.4, -0.2) is 17.9 Å². The van der Waals surface area contributed by atoms with Gasteiger partial charge in [-0.1, -0.05) is 13.8 Å². The predicted octanol–water partition coefficient (Wildman–Crippen LogP) is 5.00. The largest absolute Gasteiger partial charge is 0.452 e. The molecule has 1 aromatic heterocycles. The lowest BCUT2D eigenvalue weighted by Gasteiger charge is -2.65. The lowest BCUT2D eigenvalue weighted by molar-refractivity contribution is -0.179. The summed E-state index contributed by atoms with van der Waals surface area (Å²) in [7, 11) is 1.93. The smallest absolute Gasteiger partial charge is 0.228 e. The normalized spacial score (nSPS) is 41.3. The first kappa shape index (κ1) is 15.7. The topological polar surface area (TPSA) is 33.5 Å². The van der Waals surface area contributed by atoms with Crippen LogP contribution in [0.25, 0.3) is 0 Å². The molecule has 0 aliphatic heterocycles. The maximum atomic E-state index is 13.4. The van der Waals surface area contributed by atoms with Crippen LogP contribution in [0.5, 0.6) is 0 Å². The van der Waals surface area contributed by atoms with Crippen LogP contribution in [0, 0.1) is 22.2 Å². The molecule has 23 heavy (non-hydrogen) atoms. The summed E-state index contributed by atoms with van der Waals surface area (Å²) in [5.41, 5.74) is 0.623. The molecule has 2 unspecified atom stereocenters. The van der Waals surface area contributed by atoms with Gasteiger partial charge in [-0.3, -0.25) is 4.79 Å². The Morgan fingerprint density at radius 3 is 2.39 bits per heavy atom. The maximum Gasteiger partial charge on any atom is 0.228 e. The van der Waals surface area contributed by atoms with E-state index in [9.17, 15) is 4.79 Å². The minimum atomic E-state index is -0.124. The van der Waals surface area contributed by atoms with Gasteiger partial charge in [-0.2, -0.15) is 0 Å². The summed E-state index contributed by atoms with van der Waals surface area (Å²) in [6, 6.07) is 3.83. The van der Waals surface area contributed by atoms with Gasteiger partial charge in [0.15, 0.2) is 4.67 Å². The van der Waals surface area contributed by atoms with Crippen LogP contribution < -0.4 is 0 Å². The molecule has 0 N–H and O–H groups in total. The summed E-state index contributed by atoms with van der Waals surface area (Å²) in [4.78, 5) is 15.3. The molecule has 0 radical (unpaired) electrons. The maximum absolute atomic E-state index is 13.4. The molecule has 4 aliphatic carbocycles. The molecule has 4 aliphatic rings. The molecule has 0 spiro atoms. The van der Waals surface area contributed by atoms with Crippen molar-refractivity contribution in [1.82, 2.24) is 4.90 Å². The zero-order chi connectivity index (χ0) is 16.5. The van der Waals surface area contributed by atoms with Gasteiger partial charge in [0, 0.05) is 7.05 Å². The second-order valence-corrected chi connectivity index (χ2v) is 10.1. The minimum Gasteiger partial charge on any atom is -0.452 e. The van der Waals surface area contributed by atoms with E-state index in [4.69, 9.17) is 4.42 Å². The molecular weight excluding hydrogens is 354 g/mol. The van der Waals surface area contributed by atoms with Crippen molar-refractivity contribution < 1.29 is 9.21 Å². The van der Waals surface area contributed by atoms with Gasteiger partial charge in [0.1, 0.15) is 5.76 Å². The van der Waals surface area contributed by atoms with Gasteiger partial charge in [-0.25, -0.2) is 0 Å². The van der Waals surface area contributed by atoms with E-state index >= 15 is 0 Å². The van der Waals surface area contributed by atoms with Crippen LogP contribution in [0.2, 0.25) is 0 Å². The summed E-state index contributed by atoms with van der Waals surface area (Å²) in [6.45, 7) is 5.40. The van der Waals surface area contributed by atoms with E-state index in [1.54, 1.807) is 0 Å².